The van der Waals surface area contributed by atoms with E-state index in [4.69, 9.17) is 0 Å². The highest BCUT2D eigenvalue weighted by molar-refractivity contribution is 9.10. The molecule has 9 heteroatoms. The molecule has 1 saturated heterocycles. The minimum Gasteiger partial charge on any atom is -0.338 e. The fourth-order valence-electron chi connectivity index (χ4n) is 3.41. The third-order valence-electron chi connectivity index (χ3n) is 4.91. The van der Waals surface area contributed by atoms with Gasteiger partial charge in [-0.3, -0.25) is 4.79 Å². The molecule has 0 bridgehead atoms. The number of hydrogen-bond acceptors (Lipinski definition) is 4. The molecule has 152 valence electrons. The molecule has 1 amide bonds. The third kappa shape index (κ3) is 4.82. The molecule has 0 spiro atoms. The molecule has 0 saturated carbocycles. The number of piperidine rings is 1. The lowest BCUT2D eigenvalue weighted by molar-refractivity contribution is 0.0710. The van der Waals surface area contributed by atoms with Gasteiger partial charge in [-0.1, -0.05) is 22.9 Å². The first-order valence-electron chi connectivity index (χ1n) is 9.40. The summed E-state index contributed by atoms with van der Waals surface area (Å²) in [6.45, 7) is 4.78. The van der Waals surface area contributed by atoms with Gasteiger partial charge in [0, 0.05) is 23.6 Å². The number of halogens is 1. The molecule has 1 fully saturated rings. The van der Waals surface area contributed by atoms with Crippen LogP contribution in [0.2, 0.25) is 0 Å². The first-order chi connectivity index (χ1) is 13.3. The summed E-state index contributed by atoms with van der Waals surface area (Å²) in [7, 11) is -3.23. The van der Waals surface area contributed by atoms with Crippen LogP contribution >= 0.6 is 15.9 Å². The van der Waals surface area contributed by atoms with Gasteiger partial charge >= 0.3 is 0 Å². The molecule has 2 aromatic rings. The summed E-state index contributed by atoms with van der Waals surface area (Å²) in [5.74, 6) is 0.0800. The topological polar surface area (TPSA) is 84.3 Å². The van der Waals surface area contributed by atoms with Crippen molar-refractivity contribution in [3.8, 4) is 5.69 Å². The van der Waals surface area contributed by atoms with E-state index in [2.05, 4.69) is 25.8 Å². The Morgan fingerprint density at radius 3 is 2.50 bits per heavy atom. The van der Waals surface area contributed by atoms with Crippen molar-refractivity contribution in [1.82, 2.24) is 19.4 Å². The van der Waals surface area contributed by atoms with Gasteiger partial charge in [-0.05, 0) is 50.5 Å². The van der Waals surface area contributed by atoms with Crippen LogP contribution in [0.15, 0.2) is 34.9 Å². The van der Waals surface area contributed by atoms with Crippen molar-refractivity contribution in [2.45, 2.75) is 39.2 Å². The van der Waals surface area contributed by atoms with Crippen molar-refractivity contribution in [3.63, 3.8) is 0 Å². The van der Waals surface area contributed by atoms with Crippen molar-refractivity contribution in [1.29, 1.82) is 0 Å². The van der Waals surface area contributed by atoms with E-state index in [1.165, 1.54) is 0 Å². The molecule has 0 aliphatic carbocycles. The summed E-state index contributed by atoms with van der Waals surface area (Å²) in [5.41, 5.74) is 2.26. The molecule has 0 radical (unpaired) electrons. The number of carbonyl (C=O) groups excluding carboxylic acids is 1. The number of carbonyl (C=O) groups is 1. The molecule has 1 aliphatic heterocycles. The third-order valence-corrected chi connectivity index (χ3v) is 7.08. The maximum absolute atomic E-state index is 12.9. The Morgan fingerprint density at radius 1 is 1.25 bits per heavy atom. The van der Waals surface area contributed by atoms with E-state index in [0.717, 1.165) is 15.9 Å². The first-order valence-corrected chi connectivity index (χ1v) is 11.8. The molecule has 1 aromatic heterocycles. The standard InChI is InChI=1S/C19H25BrN4O3S/c1-3-12-28(26,27)22-16-8-10-23(11-9-16)19(25)18-13-21-24(14(18)2)17-6-4-15(20)5-7-17/h4-7,13,16,22H,3,8-12H2,1-2H3. The monoisotopic (exact) mass is 468 g/mol. The molecule has 1 aromatic carbocycles. The van der Waals surface area contributed by atoms with Crippen LogP contribution in [0.25, 0.3) is 5.69 Å². The number of hydrogen-bond donors (Lipinski definition) is 1. The molecule has 0 atom stereocenters. The number of sulfonamides is 1. The Hall–Kier alpha value is -1.71. The molecular weight excluding hydrogens is 444 g/mol. The first kappa shape index (κ1) is 21.0. The van der Waals surface area contributed by atoms with E-state index in [0.29, 0.717) is 37.9 Å². The number of nitrogens with zero attached hydrogens (tertiary/aromatic N) is 3. The second-order valence-electron chi connectivity index (χ2n) is 7.04. The number of nitrogens with one attached hydrogen (secondary N) is 1. The van der Waals surface area contributed by atoms with Gasteiger partial charge in [-0.15, -0.1) is 0 Å². The number of rotatable bonds is 6. The second kappa shape index (κ2) is 8.75. The van der Waals surface area contributed by atoms with E-state index in [1.54, 1.807) is 15.8 Å². The molecule has 7 nitrogen and oxygen atoms in total. The molecular formula is C19H25BrN4O3S. The van der Waals surface area contributed by atoms with Gasteiger partial charge in [0.05, 0.1) is 28.9 Å². The summed E-state index contributed by atoms with van der Waals surface area (Å²) in [4.78, 5) is 14.7. The van der Waals surface area contributed by atoms with Crippen LogP contribution in [0.3, 0.4) is 0 Å². The minimum atomic E-state index is -3.23. The zero-order valence-corrected chi connectivity index (χ0v) is 18.5. The number of aromatic nitrogens is 2. The van der Waals surface area contributed by atoms with Crippen molar-refractivity contribution in [3.05, 3.63) is 46.2 Å². The predicted octanol–water partition coefficient (Wildman–Crippen LogP) is 2.88. The highest BCUT2D eigenvalue weighted by atomic mass is 79.9. The lowest BCUT2D eigenvalue weighted by Crippen LogP contribution is -2.47. The smallest absolute Gasteiger partial charge is 0.257 e. The van der Waals surface area contributed by atoms with Gasteiger partial charge in [0.2, 0.25) is 10.0 Å². The van der Waals surface area contributed by atoms with Crippen LogP contribution in [0.5, 0.6) is 0 Å². The molecule has 1 aliphatic rings. The molecule has 3 rings (SSSR count). The normalized spacial score (nSPS) is 15.8. The zero-order chi connectivity index (χ0) is 20.3. The Balaban J connectivity index is 1.65. The van der Waals surface area contributed by atoms with Gasteiger partial charge in [0.15, 0.2) is 0 Å². The number of benzene rings is 1. The van der Waals surface area contributed by atoms with E-state index in [-0.39, 0.29) is 17.7 Å². The van der Waals surface area contributed by atoms with Crippen molar-refractivity contribution >= 4 is 31.9 Å². The summed E-state index contributed by atoms with van der Waals surface area (Å²) in [6, 6.07) is 7.63. The number of likely N-dealkylation sites (tertiary alicyclic amines) is 1. The van der Waals surface area contributed by atoms with Gasteiger partial charge in [0.25, 0.3) is 5.91 Å². The Bertz CT molecular complexity index is 933. The fraction of sp³-hybridized carbons (Fsp3) is 0.474. The van der Waals surface area contributed by atoms with E-state index in [1.807, 2.05) is 38.1 Å². The van der Waals surface area contributed by atoms with Gasteiger partial charge in [-0.25, -0.2) is 17.8 Å². The zero-order valence-electron chi connectivity index (χ0n) is 16.1. The maximum atomic E-state index is 12.9. The molecule has 0 unspecified atom stereocenters. The molecule has 2 heterocycles. The highest BCUT2D eigenvalue weighted by Gasteiger charge is 2.28. The molecule has 1 N–H and O–H groups in total. The lowest BCUT2D eigenvalue weighted by atomic mass is 10.1. The Kier molecular flexibility index (Phi) is 6.57. The Morgan fingerprint density at radius 2 is 1.89 bits per heavy atom. The lowest BCUT2D eigenvalue weighted by Gasteiger charge is -2.32. The second-order valence-corrected chi connectivity index (χ2v) is 9.82. The number of amides is 1. The minimum absolute atomic E-state index is 0.0595. The van der Waals surface area contributed by atoms with Crippen molar-refractivity contribution in [2.75, 3.05) is 18.8 Å². The summed E-state index contributed by atoms with van der Waals surface area (Å²) >= 11 is 3.42. The quantitative estimate of drug-likeness (QED) is 0.705. The van der Waals surface area contributed by atoms with E-state index < -0.39 is 10.0 Å². The SMILES string of the molecule is CCCS(=O)(=O)NC1CCN(C(=O)c2cnn(-c3ccc(Br)cc3)c2C)CC1. The van der Waals surface area contributed by atoms with Crippen molar-refractivity contribution in [2.24, 2.45) is 0 Å². The van der Waals surface area contributed by atoms with E-state index in [9.17, 15) is 13.2 Å². The fourth-order valence-corrected chi connectivity index (χ4v) is 5.08. The predicted molar refractivity (Wildman–Crippen MR) is 112 cm³/mol. The van der Waals surface area contributed by atoms with Gasteiger partial charge in [-0.2, -0.15) is 5.10 Å². The van der Waals surface area contributed by atoms with Crippen LogP contribution in [0.1, 0.15) is 42.2 Å². The largest absolute Gasteiger partial charge is 0.338 e. The van der Waals surface area contributed by atoms with E-state index >= 15 is 0 Å². The summed E-state index contributed by atoms with van der Waals surface area (Å²) < 4.78 is 29.4. The van der Waals surface area contributed by atoms with Crippen LogP contribution in [-0.4, -0.2) is 53.9 Å². The van der Waals surface area contributed by atoms with Gasteiger partial charge in [0.1, 0.15) is 0 Å². The van der Waals surface area contributed by atoms with Crippen molar-refractivity contribution < 1.29 is 13.2 Å². The molecule has 28 heavy (non-hydrogen) atoms. The Labute approximate surface area is 174 Å². The van der Waals surface area contributed by atoms with Crippen LogP contribution in [-0.2, 0) is 10.0 Å². The maximum Gasteiger partial charge on any atom is 0.257 e. The van der Waals surface area contributed by atoms with Gasteiger partial charge < -0.3 is 4.90 Å². The summed E-state index contributed by atoms with van der Waals surface area (Å²) in [5, 5.41) is 4.38. The summed E-state index contributed by atoms with van der Waals surface area (Å²) in [6.07, 6.45) is 3.44. The average Bonchev–Trinajstić information content (AvgIpc) is 3.03. The van der Waals surface area contributed by atoms with Crippen LogP contribution in [0.4, 0.5) is 0 Å². The average molecular weight is 469 g/mol. The highest BCUT2D eigenvalue weighted by Crippen LogP contribution is 2.20. The van der Waals surface area contributed by atoms with Crippen LogP contribution in [0, 0.1) is 6.92 Å². The van der Waals surface area contributed by atoms with Crippen LogP contribution < -0.4 is 4.72 Å².